The molecule has 0 saturated heterocycles. The molecule has 0 bridgehead atoms. The number of halogens is 1. The van der Waals surface area contributed by atoms with E-state index in [-0.39, 0.29) is 16.3 Å². The lowest BCUT2D eigenvalue weighted by Crippen LogP contribution is -2.32. The Labute approximate surface area is 175 Å². The second-order valence-electron chi connectivity index (χ2n) is 6.83. The Hall–Kier alpha value is -2.35. The molecule has 1 N–H and O–H groups in total. The molecule has 1 atom stereocenters. The fraction of sp³-hybridized carbons (Fsp3) is 0.286. The van der Waals surface area contributed by atoms with Crippen LogP contribution in [0.5, 0.6) is 0 Å². The minimum absolute atomic E-state index is 0.0351. The predicted octanol–water partition coefficient (Wildman–Crippen LogP) is 3.81. The molecule has 0 unspecified atom stereocenters. The smallest absolute Gasteiger partial charge is 0.290 e. The maximum atomic E-state index is 13.4. The highest BCUT2D eigenvalue weighted by Gasteiger charge is 2.46. The molecule has 2 aromatic rings. The number of hydrogen-bond donors (Lipinski definition) is 1. The number of ether oxygens (including phenoxy) is 1. The van der Waals surface area contributed by atoms with Crippen LogP contribution in [0.2, 0.25) is 5.02 Å². The van der Waals surface area contributed by atoms with Crippen molar-refractivity contribution in [3.63, 3.8) is 0 Å². The summed E-state index contributed by atoms with van der Waals surface area (Å²) >= 11 is 5.88. The maximum absolute atomic E-state index is 13.4. The molecular weight excluding hydrogens is 414 g/mol. The molecule has 0 saturated carbocycles. The van der Waals surface area contributed by atoms with E-state index in [0.29, 0.717) is 23.6 Å². The van der Waals surface area contributed by atoms with Gasteiger partial charge in [-0.3, -0.25) is 4.79 Å². The monoisotopic (exact) mass is 435 g/mol. The largest absolute Gasteiger partial charge is 0.502 e. The van der Waals surface area contributed by atoms with Crippen molar-refractivity contribution in [2.45, 2.75) is 24.3 Å². The molecule has 29 heavy (non-hydrogen) atoms. The summed E-state index contributed by atoms with van der Waals surface area (Å²) in [5.41, 5.74) is 1.61. The number of sulfone groups is 1. The molecule has 154 valence electrons. The van der Waals surface area contributed by atoms with E-state index >= 15 is 0 Å². The Morgan fingerprint density at radius 2 is 1.72 bits per heavy atom. The van der Waals surface area contributed by atoms with Gasteiger partial charge in [0.25, 0.3) is 5.91 Å². The number of rotatable bonds is 7. The quantitative estimate of drug-likeness (QED) is 0.668. The first-order chi connectivity index (χ1) is 13.8. The fourth-order valence-electron chi connectivity index (χ4n) is 3.33. The first-order valence-corrected chi connectivity index (χ1v) is 10.9. The van der Waals surface area contributed by atoms with E-state index < -0.39 is 27.5 Å². The van der Waals surface area contributed by atoms with Gasteiger partial charge < -0.3 is 14.7 Å². The van der Waals surface area contributed by atoms with Crippen molar-refractivity contribution >= 4 is 27.3 Å². The minimum Gasteiger partial charge on any atom is -0.502 e. The molecule has 1 amide bonds. The first kappa shape index (κ1) is 21.4. The highest BCUT2D eigenvalue weighted by molar-refractivity contribution is 7.95. The van der Waals surface area contributed by atoms with E-state index in [1.165, 1.54) is 29.2 Å². The normalized spacial score (nSPS) is 17.3. The van der Waals surface area contributed by atoms with Crippen LogP contribution < -0.4 is 0 Å². The van der Waals surface area contributed by atoms with Gasteiger partial charge in [-0.25, -0.2) is 8.42 Å². The summed E-state index contributed by atoms with van der Waals surface area (Å²) in [7, 11) is -2.58. The van der Waals surface area contributed by atoms with E-state index in [4.69, 9.17) is 16.3 Å². The number of carbonyl (C=O) groups is 1. The van der Waals surface area contributed by atoms with Crippen LogP contribution in [0.15, 0.2) is 64.1 Å². The van der Waals surface area contributed by atoms with Crippen LogP contribution in [-0.4, -0.2) is 44.6 Å². The van der Waals surface area contributed by atoms with Crippen LogP contribution in [0.25, 0.3) is 0 Å². The number of aliphatic hydroxyl groups is 1. The number of methoxy groups -OCH3 is 1. The van der Waals surface area contributed by atoms with Crippen molar-refractivity contribution in [2.75, 3.05) is 20.3 Å². The summed E-state index contributed by atoms with van der Waals surface area (Å²) in [5, 5.41) is 11.0. The van der Waals surface area contributed by atoms with Gasteiger partial charge in [-0.2, -0.15) is 0 Å². The molecule has 6 nitrogen and oxygen atoms in total. The van der Waals surface area contributed by atoms with Crippen molar-refractivity contribution < 1.29 is 23.1 Å². The standard InChI is InChI=1S/C21H22ClNO5S/c1-14-4-6-15(7-5-14)18-20(19(24)21(25)23(18)12-3-13-28-2)29(26,27)17-10-8-16(22)9-11-17/h4-11,18,24H,3,12-13H2,1-2H3/t18-/m1/s1. The number of nitrogens with zero attached hydrogens (tertiary/aromatic N) is 1. The molecule has 0 spiro atoms. The topological polar surface area (TPSA) is 83.9 Å². The van der Waals surface area contributed by atoms with Crippen LogP contribution >= 0.6 is 11.6 Å². The summed E-state index contributed by atoms with van der Waals surface area (Å²) in [6, 6.07) is 12.0. The zero-order valence-electron chi connectivity index (χ0n) is 16.1. The molecule has 0 aliphatic carbocycles. The van der Waals surface area contributed by atoms with Gasteiger partial charge >= 0.3 is 0 Å². The zero-order chi connectivity index (χ0) is 21.2. The Bertz CT molecular complexity index is 1030. The van der Waals surface area contributed by atoms with Crippen LogP contribution in [0.3, 0.4) is 0 Å². The van der Waals surface area contributed by atoms with Crippen molar-refractivity contribution in [3.05, 3.63) is 75.3 Å². The average molecular weight is 436 g/mol. The fourth-order valence-corrected chi connectivity index (χ4v) is 5.11. The molecule has 1 heterocycles. The molecule has 2 aromatic carbocycles. The second kappa shape index (κ2) is 8.57. The molecule has 1 aliphatic rings. The zero-order valence-corrected chi connectivity index (χ0v) is 17.7. The number of hydrogen-bond acceptors (Lipinski definition) is 5. The minimum atomic E-state index is -4.13. The van der Waals surface area contributed by atoms with E-state index in [0.717, 1.165) is 5.56 Å². The Balaban J connectivity index is 2.12. The molecule has 0 fully saturated rings. The van der Waals surface area contributed by atoms with Crippen molar-refractivity contribution in [2.24, 2.45) is 0 Å². The van der Waals surface area contributed by atoms with Crippen molar-refractivity contribution in [1.29, 1.82) is 0 Å². The lowest BCUT2D eigenvalue weighted by molar-refractivity contribution is -0.129. The summed E-state index contributed by atoms with van der Waals surface area (Å²) in [4.78, 5) is 13.8. The molecule has 0 aromatic heterocycles. The van der Waals surface area contributed by atoms with Crippen LogP contribution in [0, 0.1) is 6.92 Å². The van der Waals surface area contributed by atoms with Gasteiger partial charge in [-0.05, 0) is 43.2 Å². The molecule has 1 aliphatic heterocycles. The molecule has 3 rings (SSSR count). The highest BCUT2D eigenvalue weighted by Crippen LogP contribution is 2.42. The van der Waals surface area contributed by atoms with Crippen molar-refractivity contribution in [3.8, 4) is 0 Å². The highest BCUT2D eigenvalue weighted by atomic mass is 35.5. The molecular formula is C21H22ClNO5S. The van der Waals surface area contributed by atoms with Gasteiger partial charge in [0, 0.05) is 25.3 Å². The van der Waals surface area contributed by atoms with Crippen LogP contribution in [-0.2, 0) is 19.4 Å². The van der Waals surface area contributed by atoms with Gasteiger partial charge in [0.2, 0.25) is 9.84 Å². The number of aliphatic hydroxyl groups excluding tert-OH is 1. The Morgan fingerprint density at radius 3 is 2.31 bits per heavy atom. The predicted molar refractivity (Wildman–Crippen MR) is 110 cm³/mol. The van der Waals surface area contributed by atoms with E-state index in [9.17, 15) is 18.3 Å². The van der Waals surface area contributed by atoms with E-state index in [2.05, 4.69) is 0 Å². The van der Waals surface area contributed by atoms with Gasteiger partial charge in [0.05, 0.1) is 10.9 Å². The number of benzene rings is 2. The van der Waals surface area contributed by atoms with Gasteiger partial charge in [0.15, 0.2) is 5.76 Å². The van der Waals surface area contributed by atoms with Gasteiger partial charge in [0.1, 0.15) is 4.91 Å². The summed E-state index contributed by atoms with van der Waals surface area (Å²) in [5.74, 6) is -1.46. The van der Waals surface area contributed by atoms with E-state index in [1.54, 1.807) is 19.2 Å². The maximum Gasteiger partial charge on any atom is 0.290 e. The third kappa shape index (κ3) is 4.17. The summed E-state index contributed by atoms with van der Waals surface area (Å²) < 4.78 is 31.8. The average Bonchev–Trinajstić information content (AvgIpc) is 2.94. The number of carbonyl (C=O) groups excluding carboxylic acids is 1. The lowest BCUT2D eigenvalue weighted by Gasteiger charge is -2.27. The third-order valence-electron chi connectivity index (χ3n) is 4.81. The second-order valence-corrected chi connectivity index (χ2v) is 9.18. The Morgan fingerprint density at radius 1 is 1.10 bits per heavy atom. The third-order valence-corrected chi connectivity index (χ3v) is 6.95. The molecule has 8 heteroatoms. The lowest BCUT2D eigenvalue weighted by atomic mass is 10.0. The summed E-state index contributed by atoms with van der Waals surface area (Å²) in [6.45, 7) is 2.57. The Kier molecular flexibility index (Phi) is 6.31. The van der Waals surface area contributed by atoms with Gasteiger partial charge in [-0.15, -0.1) is 0 Å². The summed E-state index contributed by atoms with van der Waals surface area (Å²) in [6.07, 6.45) is 0.506. The number of aryl methyl sites for hydroxylation is 1. The molecule has 0 radical (unpaired) electrons. The van der Waals surface area contributed by atoms with Crippen LogP contribution in [0.1, 0.15) is 23.6 Å². The number of amides is 1. The van der Waals surface area contributed by atoms with Crippen LogP contribution in [0.4, 0.5) is 0 Å². The van der Waals surface area contributed by atoms with Crippen molar-refractivity contribution in [1.82, 2.24) is 4.90 Å². The SMILES string of the molecule is COCCCN1C(=O)C(O)=C(S(=O)(=O)c2ccc(Cl)cc2)[C@H]1c1ccc(C)cc1. The van der Waals surface area contributed by atoms with Gasteiger partial charge in [-0.1, -0.05) is 41.4 Å². The first-order valence-electron chi connectivity index (χ1n) is 9.07. The van der Waals surface area contributed by atoms with E-state index in [1.807, 2.05) is 19.1 Å².